The molecule has 10 aromatic carbocycles. The molecule has 1 atom stereocenters. The highest BCUT2D eigenvalue weighted by atomic mass is 15.2. The van der Waals surface area contributed by atoms with Gasteiger partial charge in [0.15, 0.2) is 0 Å². The Morgan fingerprint density at radius 3 is 1.68 bits per heavy atom. The van der Waals surface area contributed by atoms with E-state index in [0.29, 0.717) is 0 Å². The molecule has 1 unspecified atom stereocenters. The summed E-state index contributed by atoms with van der Waals surface area (Å²) in [5.74, 6) is 0. The molecular weight excluding hydrogens is 785 g/mol. The Balaban J connectivity index is 0.819. The largest absolute Gasteiger partial charge is 0.334 e. The summed E-state index contributed by atoms with van der Waals surface area (Å²) in [6.45, 7) is 4.88. The molecular formula is C63H46N2. The van der Waals surface area contributed by atoms with Gasteiger partial charge in [0, 0.05) is 46.4 Å². The molecule has 0 fully saturated rings. The fourth-order valence-electron chi connectivity index (χ4n) is 12.4. The normalized spacial score (nSPS) is 16.9. The second kappa shape index (κ2) is 13.7. The SMILES string of the molecule is CC1(C)C2=C(C=CC(N3c4ccccc4Cc4ccccc43)C2)c2ccc(C=Cc3ccc4c5cccc6c(N7c8ccccc8Cc8ccccc87)ccc(c7cccc3c47)c65)cc21. The Kier molecular flexibility index (Phi) is 7.73. The van der Waals surface area contributed by atoms with E-state index in [1.165, 1.54) is 122 Å². The predicted octanol–water partition coefficient (Wildman–Crippen LogP) is 16.4. The predicted molar refractivity (Wildman–Crippen MR) is 276 cm³/mol. The first kappa shape index (κ1) is 36.8. The van der Waals surface area contributed by atoms with Gasteiger partial charge in [-0.05, 0) is 130 Å². The maximum Gasteiger partial charge on any atom is 0.0563 e. The zero-order chi connectivity index (χ0) is 43.0. The van der Waals surface area contributed by atoms with Crippen molar-refractivity contribution in [1.29, 1.82) is 0 Å². The van der Waals surface area contributed by atoms with Gasteiger partial charge in [-0.15, -0.1) is 0 Å². The van der Waals surface area contributed by atoms with Crippen molar-refractivity contribution in [1.82, 2.24) is 0 Å². The van der Waals surface area contributed by atoms with E-state index in [1.807, 2.05) is 0 Å². The number of rotatable bonds is 4. The van der Waals surface area contributed by atoms with Crippen LogP contribution in [-0.4, -0.2) is 6.04 Å². The molecule has 14 rings (SSSR count). The fourth-order valence-corrected chi connectivity index (χ4v) is 12.4. The van der Waals surface area contributed by atoms with Crippen LogP contribution < -0.4 is 9.80 Å². The number of hydrogen-bond donors (Lipinski definition) is 0. The highest BCUT2D eigenvalue weighted by Gasteiger charge is 2.41. The maximum absolute atomic E-state index is 2.60. The molecule has 0 spiro atoms. The van der Waals surface area contributed by atoms with Crippen LogP contribution in [0.25, 0.3) is 60.8 Å². The third-order valence-corrected chi connectivity index (χ3v) is 15.4. The molecule has 2 aliphatic carbocycles. The lowest BCUT2D eigenvalue weighted by atomic mass is 9.77. The van der Waals surface area contributed by atoms with Crippen LogP contribution in [-0.2, 0) is 18.3 Å². The van der Waals surface area contributed by atoms with Gasteiger partial charge in [-0.3, -0.25) is 0 Å². The van der Waals surface area contributed by atoms with Gasteiger partial charge in [-0.1, -0.05) is 184 Å². The van der Waals surface area contributed by atoms with E-state index in [4.69, 9.17) is 0 Å². The van der Waals surface area contributed by atoms with Gasteiger partial charge in [0.05, 0.1) is 11.7 Å². The summed E-state index contributed by atoms with van der Waals surface area (Å²) in [4.78, 5) is 5.10. The van der Waals surface area contributed by atoms with Crippen LogP contribution in [0.2, 0.25) is 0 Å². The molecule has 2 heterocycles. The highest BCUT2D eigenvalue weighted by molar-refractivity contribution is 6.35. The summed E-state index contributed by atoms with van der Waals surface area (Å²) >= 11 is 0. The number of allylic oxidation sites excluding steroid dienone is 2. The van der Waals surface area contributed by atoms with Gasteiger partial charge in [-0.25, -0.2) is 0 Å². The first-order valence-electron chi connectivity index (χ1n) is 23.3. The Hall–Kier alpha value is -7.68. The van der Waals surface area contributed by atoms with Crippen molar-refractivity contribution < 1.29 is 0 Å². The van der Waals surface area contributed by atoms with Crippen molar-refractivity contribution in [3.05, 3.63) is 238 Å². The van der Waals surface area contributed by atoms with Crippen molar-refractivity contribution in [2.45, 2.75) is 44.6 Å². The minimum atomic E-state index is -0.0817. The monoisotopic (exact) mass is 830 g/mol. The summed E-state index contributed by atoms with van der Waals surface area (Å²) in [5.41, 5.74) is 20.1. The Morgan fingerprint density at radius 2 is 1.02 bits per heavy atom. The van der Waals surface area contributed by atoms with Gasteiger partial charge in [-0.2, -0.15) is 0 Å². The topological polar surface area (TPSA) is 6.48 Å². The van der Waals surface area contributed by atoms with Crippen molar-refractivity contribution in [2.75, 3.05) is 9.80 Å². The van der Waals surface area contributed by atoms with Crippen molar-refractivity contribution >= 4 is 89.3 Å². The average Bonchev–Trinajstić information content (AvgIpc) is 3.57. The molecule has 2 heteroatoms. The Labute approximate surface area is 380 Å². The summed E-state index contributed by atoms with van der Waals surface area (Å²) in [7, 11) is 0. The molecule has 0 radical (unpaired) electrons. The first-order chi connectivity index (χ1) is 32.0. The van der Waals surface area contributed by atoms with E-state index in [2.05, 4.69) is 224 Å². The molecule has 0 bridgehead atoms. The van der Waals surface area contributed by atoms with Crippen molar-refractivity contribution in [3.8, 4) is 0 Å². The summed E-state index contributed by atoms with van der Waals surface area (Å²) in [5, 5.41) is 10.5. The lowest BCUT2D eigenvalue weighted by Gasteiger charge is -2.40. The zero-order valence-electron chi connectivity index (χ0n) is 36.6. The minimum Gasteiger partial charge on any atom is -0.334 e. The number of benzene rings is 10. The van der Waals surface area contributed by atoms with Gasteiger partial charge >= 0.3 is 0 Å². The average molecular weight is 831 g/mol. The van der Waals surface area contributed by atoms with Gasteiger partial charge in [0.2, 0.25) is 0 Å². The van der Waals surface area contributed by atoms with Crippen LogP contribution >= 0.6 is 0 Å². The van der Waals surface area contributed by atoms with Crippen molar-refractivity contribution in [2.24, 2.45) is 0 Å². The van der Waals surface area contributed by atoms with Gasteiger partial charge < -0.3 is 9.80 Å². The number of nitrogens with zero attached hydrogens (tertiary/aromatic N) is 2. The number of hydrogen-bond acceptors (Lipinski definition) is 2. The third-order valence-electron chi connectivity index (χ3n) is 15.4. The molecule has 4 aliphatic rings. The first-order valence-corrected chi connectivity index (χ1v) is 23.3. The standard InChI is InChI=1S/C63H46N2/c1-63(2)54-35-39(26-30-47(54)48-32-29-45(38-55(48)63)64-56-21-7-3-13-41(56)36-42-14-4-8-22-57(42)64)25-27-40-28-31-51-50-19-12-20-53-60(34-33-52(62(50)53)49-18-11-17-46(40)61(49)51)65-58-23-9-5-15-43(58)37-44-16-6-10-24-59(44)65/h3-35,45H,36-38H2,1-2H3. The second-order valence-electron chi connectivity index (χ2n) is 19.2. The van der Waals surface area contributed by atoms with Crippen LogP contribution in [0.3, 0.4) is 0 Å². The van der Waals surface area contributed by atoms with E-state index < -0.39 is 0 Å². The number of fused-ring (bicyclic) bond motifs is 8. The molecule has 0 aromatic heterocycles. The van der Waals surface area contributed by atoms with Gasteiger partial charge in [0.1, 0.15) is 0 Å². The number of para-hydroxylation sites is 4. The molecule has 2 nitrogen and oxygen atoms in total. The molecule has 0 N–H and O–H groups in total. The molecule has 0 saturated carbocycles. The zero-order valence-corrected chi connectivity index (χ0v) is 36.6. The van der Waals surface area contributed by atoms with E-state index in [-0.39, 0.29) is 11.5 Å². The molecule has 2 aliphatic heterocycles. The third kappa shape index (κ3) is 5.29. The minimum absolute atomic E-state index is 0.0817. The summed E-state index contributed by atoms with van der Waals surface area (Å²) in [6, 6.07) is 66.4. The molecule has 0 saturated heterocycles. The second-order valence-corrected chi connectivity index (χ2v) is 19.2. The highest BCUT2D eigenvalue weighted by Crippen LogP contribution is 2.53. The number of anilines is 5. The van der Waals surface area contributed by atoms with Crippen LogP contribution in [0.4, 0.5) is 28.4 Å². The molecule has 308 valence electrons. The van der Waals surface area contributed by atoms with E-state index >= 15 is 0 Å². The smallest absolute Gasteiger partial charge is 0.0563 e. The lowest BCUT2D eigenvalue weighted by Crippen LogP contribution is -2.36. The quantitative estimate of drug-likeness (QED) is 0.0990. The Bertz CT molecular complexity index is 3640. The lowest BCUT2D eigenvalue weighted by molar-refractivity contribution is 0.583. The van der Waals surface area contributed by atoms with E-state index in [9.17, 15) is 0 Å². The van der Waals surface area contributed by atoms with E-state index in [0.717, 1.165) is 19.3 Å². The van der Waals surface area contributed by atoms with Crippen LogP contribution in [0.1, 0.15) is 64.8 Å². The van der Waals surface area contributed by atoms with Gasteiger partial charge in [0.25, 0.3) is 0 Å². The summed E-state index contributed by atoms with van der Waals surface area (Å²) < 4.78 is 0. The van der Waals surface area contributed by atoms with Crippen LogP contribution in [0.5, 0.6) is 0 Å². The fraction of sp³-hybridized carbons (Fsp3) is 0.111. The van der Waals surface area contributed by atoms with Crippen LogP contribution in [0.15, 0.2) is 194 Å². The van der Waals surface area contributed by atoms with Crippen LogP contribution in [0, 0.1) is 0 Å². The Morgan fingerprint density at radius 1 is 0.477 bits per heavy atom. The molecule has 10 aromatic rings. The summed E-state index contributed by atoms with van der Waals surface area (Å²) in [6.07, 6.45) is 12.5. The molecule has 65 heavy (non-hydrogen) atoms. The van der Waals surface area contributed by atoms with E-state index in [1.54, 1.807) is 5.57 Å². The molecule has 0 amide bonds. The maximum atomic E-state index is 2.60. The van der Waals surface area contributed by atoms with Crippen molar-refractivity contribution in [3.63, 3.8) is 0 Å².